The Labute approximate surface area is 181 Å². The van der Waals surface area contributed by atoms with Crippen molar-refractivity contribution in [2.75, 3.05) is 26.2 Å². The van der Waals surface area contributed by atoms with E-state index in [9.17, 15) is 4.79 Å². The highest BCUT2D eigenvalue weighted by Gasteiger charge is 2.10. The molecule has 0 radical (unpaired) electrons. The zero-order valence-corrected chi connectivity index (χ0v) is 19.5. The summed E-state index contributed by atoms with van der Waals surface area (Å²) in [5.74, 6) is 0.00352. The van der Waals surface area contributed by atoms with Gasteiger partial charge in [-0.15, -0.1) is 0 Å². The summed E-state index contributed by atoms with van der Waals surface area (Å²) < 4.78 is 5.36. The first-order chi connectivity index (χ1) is 14.3. The van der Waals surface area contributed by atoms with E-state index < -0.39 is 0 Å². The van der Waals surface area contributed by atoms with Crippen LogP contribution in [0.25, 0.3) is 0 Å². The van der Waals surface area contributed by atoms with Crippen LogP contribution < -0.4 is 0 Å². The Kier molecular flexibility index (Phi) is 18.5. The molecule has 0 aromatic heterocycles. The van der Waals surface area contributed by atoms with Crippen LogP contribution in [0.3, 0.4) is 0 Å². The molecule has 0 atom stereocenters. The van der Waals surface area contributed by atoms with Crippen molar-refractivity contribution in [1.29, 1.82) is 0 Å². The maximum absolute atomic E-state index is 11.8. The summed E-state index contributed by atoms with van der Waals surface area (Å²) in [6, 6.07) is 0. The van der Waals surface area contributed by atoms with E-state index in [1.807, 2.05) is 0 Å². The van der Waals surface area contributed by atoms with Gasteiger partial charge in [0.1, 0.15) is 0 Å². The van der Waals surface area contributed by atoms with Crippen molar-refractivity contribution >= 4 is 5.97 Å². The Balaban J connectivity index is 1.74. The van der Waals surface area contributed by atoms with E-state index in [1.165, 1.54) is 103 Å². The molecular formula is C26H49NO2. The van der Waals surface area contributed by atoms with Gasteiger partial charge in [-0.3, -0.25) is 4.79 Å². The maximum Gasteiger partial charge on any atom is 0.305 e. The van der Waals surface area contributed by atoms with E-state index in [0.717, 1.165) is 25.7 Å². The lowest BCUT2D eigenvalue weighted by Crippen LogP contribution is -2.20. The molecule has 0 amide bonds. The molecule has 0 aliphatic carbocycles. The first kappa shape index (κ1) is 26.2. The molecule has 0 N–H and O–H groups in total. The predicted octanol–water partition coefficient (Wildman–Crippen LogP) is 7.44. The van der Waals surface area contributed by atoms with Crippen molar-refractivity contribution < 1.29 is 9.53 Å². The van der Waals surface area contributed by atoms with Gasteiger partial charge in [0.2, 0.25) is 0 Å². The predicted molar refractivity (Wildman–Crippen MR) is 125 cm³/mol. The molecule has 0 unspecified atom stereocenters. The minimum Gasteiger partial charge on any atom is -0.466 e. The third kappa shape index (κ3) is 17.7. The molecule has 1 aliphatic rings. The van der Waals surface area contributed by atoms with E-state index >= 15 is 0 Å². The van der Waals surface area contributed by atoms with Gasteiger partial charge in [0.05, 0.1) is 6.61 Å². The highest BCUT2D eigenvalue weighted by Crippen LogP contribution is 2.11. The molecule has 1 heterocycles. The van der Waals surface area contributed by atoms with Crippen LogP contribution in [0, 0.1) is 0 Å². The van der Waals surface area contributed by atoms with Gasteiger partial charge in [-0.1, -0.05) is 70.4 Å². The monoisotopic (exact) mass is 407 g/mol. The summed E-state index contributed by atoms with van der Waals surface area (Å²) in [6.45, 7) is 6.57. The van der Waals surface area contributed by atoms with Crippen LogP contribution in [0.5, 0.6) is 0 Å². The van der Waals surface area contributed by atoms with Gasteiger partial charge >= 0.3 is 5.97 Å². The first-order valence-electron chi connectivity index (χ1n) is 12.9. The Morgan fingerprint density at radius 2 is 1.34 bits per heavy atom. The van der Waals surface area contributed by atoms with Crippen LogP contribution in [0.2, 0.25) is 0 Å². The van der Waals surface area contributed by atoms with Crippen molar-refractivity contribution in [2.45, 2.75) is 122 Å². The van der Waals surface area contributed by atoms with Crippen LogP contribution in [0.4, 0.5) is 0 Å². The molecule has 0 bridgehead atoms. The number of hydrogen-bond donors (Lipinski definition) is 0. The first-order valence-corrected chi connectivity index (χ1v) is 12.9. The Bertz CT molecular complexity index is 388. The lowest BCUT2D eigenvalue weighted by molar-refractivity contribution is -0.143. The average molecular weight is 408 g/mol. The lowest BCUT2D eigenvalue weighted by Gasteiger charge is -2.13. The van der Waals surface area contributed by atoms with Crippen LogP contribution in [-0.2, 0) is 9.53 Å². The van der Waals surface area contributed by atoms with Crippen LogP contribution in [0.1, 0.15) is 122 Å². The molecule has 29 heavy (non-hydrogen) atoms. The number of carbonyl (C=O) groups excluding carboxylic acids is 1. The summed E-state index contributed by atoms with van der Waals surface area (Å²) in [6.07, 6.45) is 27.0. The molecule has 0 aromatic rings. The molecule has 3 nitrogen and oxygen atoms in total. The number of ether oxygens (including phenoxy) is 1. The van der Waals surface area contributed by atoms with Crippen molar-refractivity contribution in [2.24, 2.45) is 0 Å². The molecule has 3 heteroatoms. The fraction of sp³-hybridized carbons (Fsp3) is 0.885. The highest BCUT2D eigenvalue weighted by molar-refractivity contribution is 5.69. The second kappa shape index (κ2) is 20.4. The maximum atomic E-state index is 11.8. The Hall–Kier alpha value is -0.830. The van der Waals surface area contributed by atoms with Gasteiger partial charge in [0, 0.05) is 6.42 Å². The van der Waals surface area contributed by atoms with E-state index in [2.05, 4.69) is 24.0 Å². The molecule has 1 fully saturated rings. The van der Waals surface area contributed by atoms with Gasteiger partial charge in [-0.25, -0.2) is 0 Å². The average Bonchev–Trinajstić information content (AvgIpc) is 3.24. The summed E-state index contributed by atoms with van der Waals surface area (Å²) in [7, 11) is 0. The minimum atomic E-state index is 0.00352. The van der Waals surface area contributed by atoms with E-state index in [-0.39, 0.29) is 5.97 Å². The molecule has 170 valence electrons. The Morgan fingerprint density at radius 3 is 2.00 bits per heavy atom. The summed E-state index contributed by atoms with van der Waals surface area (Å²) >= 11 is 0. The number of carbonyl (C=O) groups is 1. The van der Waals surface area contributed by atoms with Crippen molar-refractivity contribution in [1.82, 2.24) is 4.90 Å². The van der Waals surface area contributed by atoms with E-state index in [0.29, 0.717) is 13.0 Å². The topological polar surface area (TPSA) is 29.5 Å². The third-order valence-electron chi connectivity index (χ3n) is 5.97. The molecule has 1 aliphatic heterocycles. The number of rotatable bonds is 20. The van der Waals surface area contributed by atoms with Gasteiger partial charge < -0.3 is 9.64 Å². The Morgan fingerprint density at radius 1 is 0.759 bits per heavy atom. The molecule has 0 saturated carbocycles. The van der Waals surface area contributed by atoms with Gasteiger partial charge in [0.15, 0.2) is 0 Å². The summed E-state index contributed by atoms with van der Waals surface area (Å²) in [5, 5.41) is 0. The lowest BCUT2D eigenvalue weighted by atomic mass is 10.1. The van der Waals surface area contributed by atoms with Crippen molar-refractivity contribution in [3.8, 4) is 0 Å². The fourth-order valence-electron chi connectivity index (χ4n) is 4.04. The van der Waals surface area contributed by atoms with Crippen molar-refractivity contribution in [3.05, 3.63) is 12.2 Å². The molecule has 1 rings (SSSR count). The number of allylic oxidation sites excluding steroid dienone is 2. The number of likely N-dealkylation sites (tertiary alicyclic amines) is 1. The molecule has 0 spiro atoms. The molecular weight excluding hydrogens is 358 g/mol. The minimum absolute atomic E-state index is 0.00352. The normalized spacial score (nSPS) is 14.8. The molecule has 1 saturated heterocycles. The van der Waals surface area contributed by atoms with Crippen LogP contribution in [0.15, 0.2) is 12.2 Å². The standard InChI is InChI=1S/C26H49NO2/c1-2-3-4-5-6-7-8-9-10-11-12-13-14-15-16-21-26(28)29-25-20-19-24-27-22-17-18-23-27/h9-10H,2-8,11-25H2,1H3/b10-9-. The van der Waals surface area contributed by atoms with Crippen LogP contribution >= 0.6 is 0 Å². The van der Waals surface area contributed by atoms with Crippen molar-refractivity contribution in [3.63, 3.8) is 0 Å². The van der Waals surface area contributed by atoms with Gasteiger partial charge in [-0.2, -0.15) is 0 Å². The molecule has 0 aromatic carbocycles. The number of esters is 1. The number of unbranched alkanes of at least 4 members (excludes halogenated alkanes) is 12. The number of nitrogens with zero attached hydrogens (tertiary/aromatic N) is 1. The highest BCUT2D eigenvalue weighted by atomic mass is 16.5. The second-order valence-corrected chi connectivity index (χ2v) is 8.81. The zero-order chi connectivity index (χ0) is 20.8. The van der Waals surface area contributed by atoms with Crippen LogP contribution in [-0.4, -0.2) is 37.1 Å². The summed E-state index contributed by atoms with van der Waals surface area (Å²) in [4.78, 5) is 14.3. The van der Waals surface area contributed by atoms with Gasteiger partial charge in [-0.05, 0) is 77.4 Å². The fourth-order valence-corrected chi connectivity index (χ4v) is 4.04. The van der Waals surface area contributed by atoms with E-state index in [1.54, 1.807) is 0 Å². The number of hydrogen-bond acceptors (Lipinski definition) is 3. The van der Waals surface area contributed by atoms with Gasteiger partial charge in [0.25, 0.3) is 0 Å². The largest absolute Gasteiger partial charge is 0.466 e. The zero-order valence-electron chi connectivity index (χ0n) is 19.5. The second-order valence-electron chi connectivity index (χ2n) is 8.81. The summed E-state index contributed by atoms with van der Waals surface area (Å²) in [5.41, 5.74) is 0. The smallest absolute Gasteiger partial charge is 0.305 e. The quantitative estimate of drug-likeness (QED) is 0.119. The SMILES string of the molecule is CCCCCCCC/C=C\CCCCCCCC(=O)OCCCCN1CCCC1. The third-order valence-corrected chi connectivity index (χ3v) is 5.97. The van der Waals surface area contributed by atoms with E-state index in [4.69, 9.17) is 4.74 Å².